The molecule has 4 heteroatoms. The molecule has 2 rings (SSSR count). The van der Waals surface area contributed by atoms with Crippen molar-refractivity contribution >= 4 is 11.8 Å². The molecule has 0 aromatic heterocycles. The van der Waals surface area contributed by atoms with Crippen LogP contribution in [0.15, 0.2) is 18.2 Å². The number of aliphatic hydroxyl groups excluding tert-OH is 1. The van der Waals surface area contributed by atoms with Crippen LogP contribution < -0.4 is 5.32 Å². The first-order valence-corrected chi connectivity index (χ1v) is 4.75. The molecule has 0 spiro atoms. The lowest BCUT2D eigenvalue weighted by Gasteiger charge is -2.07. The molecule has 0 saturated heterocycles. The van der Waals surface area contributed by atoms with E-state index < -0.39 is 6.10 Å². The number of nitrogens with one attached hydrogen (secondary N) is 1. The first-order chi connectivity index (χ1) is 7.09. The van der Waals surface area contributed by atoms with Gasteiger partial charge in [0.25, 0.3) is 11.8 Å². The molecule has 78 valence electrons. The standard InChI is InChI=1S/C11H11NO3/c1-6(13)5-7-3-2-4-8-9(7)11(15)12-10(8)14/h2-4,6,13H,5H2,1H3,(H,12,14,15). The average molecular weight is 205 g/mol. The number of imide groups is 1. The van der Waals surface area contributed by atoms with E-state index in [2.05, 4.69) is 5.32 Å². The highest BCUT2D eigenvalue weighted by atomic mass is 16.3. The van der Waals surface area contributed by atoms with Gasteiger partial charge in [0, 0.05) is 0 Å². The maximum Gasteiger partial charge on any atom is 0.259 e. The number of hydrogen-bond acceptors (Lipinski definition) is 3. The van der Waals surface area contributed by atoms with Crippen molar-refractivity contribution in [3.8, 4) is 0 Å². The average Bonchev–Trinajstić information content (AvgIpc) is 2.43. The first kappa shape index (κ1) is 9.86. The summed E-state index contributed by atoms with van der Waals surface area (Å²) >= 11 is 0. The third kappa shape index (κ3) is 1.64. The summed E-state index contributed by atoms with van der Waals surface area (Å²) in [5, 5.41) is 11.5. The summed E-state index contributed by atoms with van der Waals surface area (Å²) in [6.45, 7) is 1.65. The Balaban J connectivity index is 2.50. The summed E-state index contributed by atoms with van der Waals surface area (Å²) in [4.78, 5) is 22.8. The molecule has 2 amide bonds. The Labute approximate surface area is 86.9 Å². The minimum atomic E-state index is -0.528. The van der Waals surface area contributed by atoms with Crippen molar-refractivity contribution in [2.24, 2.45) is 0 Å². The number of aliphatic hydroxyl groups is 1. The largest absolute Gasteiger partial charge is 0.393 e. The van der Waals surface area contributed by atoms with Gasteiger partial charge in [0.05, 0.1) is 17.2 Å². The fourth-order valence-corrected chi connectivity index (χ4v) is 1.78. The lowest BCUT2D eigenvalue weighted by Crippen LogP contribution is -2.20. The number of fused-ring (bicyclic) bond motifs is 1. The van der Waals surface area contributed by atoms with Crippen LogP contribution in [0, 0.1) is 0 Å². The third-order valence-electron chi connectivity index (χ3n) is 2.36. The molecule has 15 heavy (non-hydrogen) atoms. The number of carbonyl (C=O) groups excluding carboxylic acids is 2. The Morgan fingerprint density at radius 2 is 2.07 bits per heavy atom. The maximum atomic E-state index is 11.5. The van der Waals surface area contributed by atoms with Gasteiger partial charge in [-0.15, -0.1) is 0 Å². The molecule has 1 aliphatic heterocycles. The van der Waals surface area contributed by atoms with Crippen molar-refractivity contribution in [2.45, 2.75) is 19.4 Å². The van der Waals surface area contributed by atoms with Gasteiger partial charge in [0.1, 0.15) is 0 Å². The lowest BCUT2D eigenvalue weighted by atomic mass is 9.98. The first-order valence-electron chi connectivity index (χ1n) is 4.75. The van der Waals surface area contributed by atoms with Gasteiger partial charge in [0.2, 0.25) is 0 Å². The van der Waals surface area contributed by atoms with E-state index in [4.69, 9.17) is 0 Å². The van der Waals surface area contributed by atoms with Crippen LogP contribution in [-0.2, 0) is 6.42 Å². The molecule has 1 aromatic rings. The molecule has 1 aromatic carbocycles. The van der Waals surface area contributed by atoms with E-state index in [1.54, 1.807) is 25.1 Å². The Bertz CT molecular complexity index is 437. The second-order valence-electron chi connectivity index (χ2n) is 3.68. The predicted octanol–water partition coefficient (Wildman–Crippen LogP) is 0.494. The summed E-state index contributed by atoms with van der Waals surface area (Å²) < 4.78 is 0. The second kappa shape index (κ2) is 3.47. The van der Waals surface area contributed by atoms with Crippen LogP contribution in [0.25, 0.3) is 0 Å². The van der Waals surface area contributed by atoms with Crippen molar-refractivity contribution in [1.82, 2.24) is 5.32 Å². The van der Waals surface area contributed by atoms with E-state index in [1.165, 1.54) is 0 Å². The van der Waals surface area contributed by atoms with Crippen LogP contribution in [0.4, 0.5) is 0 Å². The van der Waals surface area contributed by atoms with Crippen molar-refractivity contribution in [3.63, 3.8) is 0 Å². The normalized spacial score (nSPS) is 16.1. The number of benzene rings is 1. The van der Waals surface area contributed by atoms with Crippen LogP contribution in [-0.4, -0.2) is 23.0 Å². The molecule has 4 nitrogen and oxygen atoms in total. The topological polar surface area (TPSA) is 66.4 Å². The van der Waals surface area contributed by atoms with Crippen molar-refractivity contribution in [2.75, 3.05) is 0 Å². The maximum absolute atomic E-state index is 11.5. The fraction of sp³-hybridized carbons (Fsp3) is 0.273. The fourth-order valence-electron chi connectivity index (χ4n) is 1.78. The molecule has 0 saturated carbocycles. The van der Waals surface area contributed by atoms with Crippen molar-refractivity contribution in [1.29, 1.82) is 0 Å². The highest BCUT2D eigenvalue weighted by Gasteiger charge is 2.28. The monoisotopic (exact) mass is 205 g/mol. The molecular formula is C11H11NO3. The van der Waals surface area contributed by atoms with Gasteiger partial charge in [-0.05, 0) is 25.0 Å². The highest BCUT2D eigenvalue weighted by Crippen LogP contribution is 2.21. The second-order valence-corrected chi connectivity index (χ2v) is 3.68. The minimum Gasteiger partial charge on any atom is -0.393 e. The van der Waals surface area contributed by atoms with Crippen LogP contribution >= 0.6 is 0 Å². The summed E-state index contributed by atoms with van der Waals surface area (Å²) in [6, 6.07) is 5.08. The molecule has 0 aliphatic carbocycles. The smallest absolute Gasteiger partial charge is 0.259 e. The van der Waals surface area contributed by atoms with Gasteiger partial charge in [-0.25, -0.2) is 0 Å². The van der Waals surface area contributed by atoms with Crippen LogP contribution in [0.3, 0.4) is 0 Å². The summed E-state index contributed by atoms with van der Waals surface area (Å²) in [5.41, 5.74) is 1.52. The van der Waals surface area contributed by atoms with E-state index in [1.807, 2.05) is 0 Å². The Hall–Kier alpha value is -1.68. The SMILES string of the molecule is CC(O)Cc1cccc2c1C(=O)NC2=O. The van der Waals surface area contributed by atoms with Gasteiger partial charge < -0.3 is 5.11 Å². The van der Waals surface area contributed by atoms with Gasteiger partial charge in [-0.1, -0.05) is 12.1 Å². The Kier molecular flexibility index (Phi) is 2.28. The molecule has 2 N–H and O–H groups in total. The van der Waals surface area contributed by atoms with Crippen molar-refractivity contribution in [3.05, 3.63) is 34.9 Å². The van der Waals surface area contributed by atoms with E-state index in [0.29, 0.717) is 23.1 Å². The summed E-state index contributed by atoms with van der Waals surface area (Å²) in [7, 11) is 0. The van der Waals surface area contributed by atoms with E-state index in [-0.39, 0.29) is 11.8 Å². The van der Waals surface area contributed by atoms with Gasteiger partial charge in [0.15, 0.2) is 0 Å². The molecule has 1 heterocycles. The van der Waals surface area contributed by atoms with E-state index in [0.717, 1.165) is 0 Å². The Morgan fingerprint density at radius 1 is 1.33 bits per heavy atom. The van der Waals surface area contributed by atoms with Crippen LogP contribution in [0.1, 0.15) is 33.2 Å². The summed E-state index contributed by atoms with van der Waals surface area (Å²) in [5.74, 6) is -0.728. The van der Waals surface area contributed by atoms with Gasteiger partial charge >= 0.3 is 0 Å². The molecule has 1 atom stereocenters. The number of rotatable bonds is 2. The van der Waals surface area contributed by atoms with Crippen LogP contribution in [0.2, 0.25) is 0 Å². The molecular weight excluding hydrogens is 194 g/mol. The van der Waals surface area contributed by atoms with Gasteiger partial charge in [-0.2, -0.15) is 0 Å². The number of carbonyl (C=O) groups is 2. The molecule has 0 fully saturated rings. The predicted molar refractivity (Wildman–Crippen MR) is 53.6 cm³/mol. The molecule has 1 unspecified atom stereocenters. The van der Waals surface area contributed by atoms with E-state index >= 15 is 0 Å². The quantitative estimate of drug-likeness (QED) is 0.691. The minimum absolute atomic E-state index is 0.359. The zero-order valence-electron chi connectivity index (χ0n) is 8.28. The molecule has 1 aliphatic rings. The van der Waals surface area contributed by atoms with Gasteiger partial charge in [-0.3, -0.25) is 14.9 Å². The Morgan fingerprint density at radius 3 is 2.73 bits per heavy atom. The van der Waals surface area contributed by atoms with E-state index in [9.17, 15) is 14.7 Å². The highest BCUT2D eigenvalue weighted by molar-refractivity contribution is 6.22. The zero-order chi connectivity index (χ0) is 11.0. The molecule has 0 bridgehead atoms. The lowest BCUT2D eigenvalue weighted by molar-refractivity contribution is 0.0879. The van der Waals surface area contributed by atoms with Crippen LogP contribution in [0.5, 0.6) is 0 Å². The number of amides is 2. The summed E-state index contributed by atoms with van der Waals surface area (Å²) in [6.07, 6.45) is -0.149. The third-order valence-corrected chi connectivity index (χ3v) is 2.36. The molecule has 0 radical (unpaired) electrons. The number of hydrogen-bond donors (Lipinski definition) is 2. The van der Waals surface area contributed by atoms with Crippen molar-refractivity contribution < 1.29 is 14.7 Å². The zero-order valence-corrected chi connectivity index (χ0v) is 8.28.